The number of hydrogen-bond donors (Lipinski definition) is 6. The SMILES string of the molecule is NCCn1[nH]c2c3c(=O)ccc(O)c3c(O)c3c(=NCCCNCCO)ccc1c32. The summed E-state index contributed by atoms with van der Waals surface area (Å²) in [6.45, 7) is 2.76. The van der Waals surface area contributed by atoms with E-state index in [-0.39, 0.29) is 34.3 Å². The Bertz CT molecular complexity index is 1320. The second-order valence-electron chi connectivity index (χ2n) is 7.17. The Kier molecular flexibility index (Phi) is 5.58. The van der Waals surface area contributed by atoms with Gasteiger partial charge < -0.3 is 26.4 Å². The third-order valence-electron chi connectivity index (χ3n) is 5.25. The highest BCUT2D eigenvalue weighted by molar-refractivity contribution is 6.23. The van der Waals surface area contributed by atoms with Crippen LogP contribution in [0.3, 0.4) is 0 Å². The monoisotopic (exact) mass is 411 g/mol. The van der Waals surface area contributed by atoms with Crippen LogP contribution in [0.4, 0.5) is 0 Å². The molecule has 158 valence electrons. The molecule has 0 fully saturated rings. The number of phenolic OH excluding ortho intramolecular Hbond substituents is 2. The van der Waals surface area contributed by atoms with Gasteiger partial charge in [0.1, 0.15) is 11.5 Å². The molecule has 0 atom stereocenters. The van der Waals surface area contributed by atoms with Gasteiger partial charge >= 0.3 is 0 Å². The Morgan fingerprint density at radius 2 is 1.90 bits per heavy atom. The van der Waals surface area contributed by atoms with Gasteiger partial charge in [0.05, 0.1) is 45.7 Å². The van der Waals surface area contributed by atoms with E-state index in [9.17, 15) is 15.0 Å². The Morgan fingerprint density at radius 1 is 1.07 bits per heavy atom. The van der Waals surface area contributed by atoms with E-state index in [1.165, 1.54) is 12.1 Å². The van der Waals surface area contributed by atoms with Gasteiger partial charge in [0, 0.05) is 25.0 Å². The quantitative estimate of drug-likeness (QED) is 0.182. The van der Waals surface area contributed by atoms with E-state index in [4.69, 9.17) is 10.8 Å². The Labute approximate surface area is 171 Å². The maximum Gasteiger partial charge on any atom is 0.189 e. The molecule has 4 rings (SSSR count). The third kappa shape index (κ3) is 3.26. The van der Waals surface area contributed by atoms with Crippen LogP contribution in [0, 0.1) is 0 Å². The fraction of sp³-hybridized carbons (Fsp3) is 0.333. The molecule has 0 bridgehead atoms. The lowest BCUT2D eigenvalue weighted by Gasteiger charge is -2.08. The molecule has 4 aromatic rings. The van der Waals surface area contributed by atoms with E-state index in [2.05, 4.69) is 15.4 Å². The van der Waals surface area contributed by atoms with Crippen molar-refractivity contribution >= 4 is 32.6 Å². The van der Waals surface area contributed by atoms with Gasteiger partial charge in [0.25, 0.3) is 0 Å². The number of hydrogen-bond acceptors (Lipinski definition) is 7. The van der Waals surface area contributed by atoms with Crippen LogP contribution in [0.2, 0.25) is 0 Å². The number of rotatable bonds is 8. The number of aromatic nitrogens is 2. The predicted octanol–water partition coefficient (Wildman–Crippen LogP) is 0.316. The molecule has 9 nitrogen and oxygen atoms in total. The molecule has 0 amide bonds. The number of aromatic hydroxyl groups is 2. The highest BCUT2D eigenvalue weighted by atomic mass is 16.3. The lowest BCUT2D eigenvalue weighted by molar-refractivity contribution is 0.292. The first-order valence-corrected chi connectivity index (χ1v) is 9.96. The Balaban J connectivity index is 1.98. The number of fused-ring (bicyclic) bond motifs is 2. The van der Waals surface area contributed by atoms with Crippen molar-refractivity contribution in [2.24, 2.45) is 10.7 Å². The molecule has 9 heteroatoms. The standard InChI is InChI=1S/C21H25N5O4/c22-6-10-26-13-3-2-12(24-8-1-7-23-9-11-27)16-17(13)20(25-26)18-14(28)4-5-15(29)19(18)21(16)30/h2-5,23,25,27,29-30H,1,6-11,22H2. The van der Waals surface area contributed by atoms with Gasteiger partial charge in [-0.1, -0.05) is 0 Å². The van der Waals surface area contributed by atoms with Crippen LogP contribution in [0.15, 0.2) is 34.1 Å². The molecule has 0 spiro atoms. The highest BCUT2D eigenvalue weighted by Crippen LogP contribution is 2.41. The minimum atomic E-state index is -0.291. The van der Waals surface area contributed by atoms with Crippen LogP contribution in [0.5, 0.6) is 11.5 Å². The van der Waals surface area contributed by atoms with Crippen molar-refractivity contribution in [2.45, 2.75) is 13.0 Å². The van der Waals surface area contributed by atoms with Crippen LogP contribution < -0.4 is 21.8 Å². The summed E-state index contributed by atoms with van der Waals surface area (Å²) in [6, 6.07) is 6.30. The largest absolute Gasteiger partial charge is 0.507 e. The lowest BCUT2D eigenvalue weighted by atomic mass is 9.99. The number of benzene rings is 3. The summed E-state index contributed by atoms with van der Waals surface area (Å²) >= 11 is 0. The average molecular weight is 411 g/mol. The van der Waals surface area contributed by atoms with E-state index in [0.29, 0.717) is 54.4 Å². The minimum Gasteiger partial charge on any atom is -0.507 e. The van der Waals surface area contributed by atoms with Crippen molar-refractivity contribution in [1.29, 1.82) is 0 Å². The number of aromatic amines is 1. The van der Waals surface area contributed by atoms with Crippen molar-refractivity contribution in [1.82, 2.24) is 15.1 Å². The molecule has 0 radical (unpaired) electrons. The summed E-state index contributed by atoms with van der Waals surface area (Å²) in [5.41, 5.74) is 6.79. The van der Waals surface area contributed by atoms with E-state index in [0.717, 1.165) is 11.9 Å². The first kappa shape index (κ1) is 20.1. The zero-order valence-corrected chi connectivity index (χ0v) is 16.5. The molecule has 0 aliphatic heterocycles. The molecule has 0 saturated carbocycles. The van der Waals surface area contributed by atoms with Crippen LogP contribution in [0.25, 0.3) is 32.6 Å². The number of aliphatic hydroxyl groups is 1. The van der Waals surface area contributed by atoms with Gasteiger partial charge in [0.15, 0.2) is 5.43 Å². The van der Waals surface area contributed by atoms with E-state index >= 15 is 0 Å². The van der Waals surface area contributed by atoms with E-state index in [1.807, 2.05) is 16.8 Å². The van der Waals surface area contributed by atoms with Gasteiger partial charge in [-0.05, 0) is 37.2 Å². The van der Waals surface area contributed by atoms with Gasteiger partial charge in [-0.25, -0.2) is 0 Å². The molecule has 3 aromatic carbocycles. The van der Waals surface area contributed by atoms with E-state index < -0.39 is 0 Å². The average Bonchev–Trinajstić information content (AvgIpc) is 3.09. The summed E-state index contributed by atoms with van der Waals surface area (Å²) in [4.78, 5) is 17.3. The highest BCUT2D eigenvalue weighted by Gasteiger charge is 2.21. The maximum absolute atomic E-state index is 12.6. The van der Waals surface area contributed by atoms with Crippen molar-refractivity contribution in [3.63, 3.8) is 0 Å². The minimum absolute atomic E-state index is 0.0878. The number of nitrogens with two attached hydrogens (primary N) is 1. The maximum atomic E-state index is 12.6. The molecule has 7 N–H and O–H groups in total. The van der Waals surface area contributed by atoms with Gasteiger partial charge in [0.2, 0.25) is 0 Å². The van der Waals surface area contributed by atoms with Crippen molar-refractivity contribution < 1.29 is 15.3 Å². The first-order valence-electron chi connectivity index (χ1n) is 9.96. The Hall–Kier alpha value is -3.14. The smallest absolute Gasteiger partial charge is 0.189 e. The summed E-state index contributed by atoms with van der Waals surface area (Å²) in [6.07, 6.45) is 0.762. The second-order valence-corrected chi connectivity index (χ2v) is 7.17. The lowest BCUT2D eigenvalue weighted by Crippen LogP contribution is -2.20. The molecular formula is C21H25N5O4. The Morgan fingerprint density at radius 3 is 2.67 bits per heavy atom. The number of H-pyrrole nitrogens is 1. The summed E-state index contributed by atoms with van der Waals surface area (Å²) in [5, 5.41) is 38.8. The summed E-state index contributed by atoms with van der Waals surface area (Å²) in [7, 11) is 0. The molecule has 0 unspecified atom stereocenters. The topological polar surface area (TPSA) is 149 Å². The fourth-order valence-electron chi connectivity index (χ4n) is 3.96. The molecule has 30 heavy (non-hydrogen) atoms. The molecule has 1 heterocycles. The van der Waals surface area contributed by atoms with Crippen molar-refractivity contribution in [3.8, 4) is 11.5 Å². The number of nitrogens with zero attached hydrogens (tertiary/aromatic N) is 2. The third-order valence-corrected chi connectivity index (χ3v) is 5.25. The molecular weight excluding hydrogens is 386 g/mol. The second kappa shape index (κ2) is 8.31. The van der Waals surface area contributed by atoms with Gasteiger partial charge in [-0.15, -0.1) is 0 Å². The van der Waals surface area contributed by atoms with Crippen LogP contribution in [0.1, 0.15) is 6.42 Å². The number of nitrogens with one attached hydrogen (secondary N) is 2. The molecule has 0 aliphatic carbocycles. The van der Waals surface area contributed by atoms with Gasteiger partial charge in [-0.3, -0.25) is 19.6 Å². The number of aliphatic hydroxyl groups excluding tert-OH is 1. The molecule has 1 aromatic heterocycles. The fourth-order valence-corrected chi connectivity index (χ4v) is 3.96. The summed E-state index contributed by atoms with van der Waals surface area (Å²) < 4.78 is 1.84. The van der Waals surface area contributed by atoms with Crippen molar-refractivity contribution in [2.75, 3.05) is 32.8 Å². The van der Waals surface area contributed by atoms with Crippen LogP contribution in [-0.4, -0.2) is 57.9 Å². The predicted molar refractivity (Wildman–Crippen MR) is 116 cm³/mol. The van der Waals surface area contributed by atoms with Crippen LogP contribution >= 0.6 is 0 Å². The number of phenols is 2. The zero-order chi connectivity index (χ0) is 21.3. The molecule has 0 saturated heterocycles. The van der Waals surface area contributed by atoms with Crippen molar-refractivity contribution in [3.05, 3.63) is 39.8 Å². The molecule has 0 aliphatic rings. The van der Waals surface area contributed by atoms with E-state index in [1.54, 1.807) is 0 Å². The normalized spacial score (nSPS) is 12.7. The zero-order valence-electron chi connectivity index (χ0n) is 16.5. The summed E-state index contributed by atoms with van der Waals surface area (Å²) in [5.74, 6) is -0.321. The first-order chi connectivity index (χ1) is 14.6. The van der Waals surface area contributed by atoms with Crippen LogP contribution in [-0.2, 0) is 6.54 Å². The van der Waals surface area contributed by atoms with Gasteiger partial charge in [-0.2, -0.15) is 0 Å².